The second-order valence-corrected chi connectivity index (χ2v) is 4.59. The summed E-state index contributed by atoms with van der Waals surface area (Å²) in [4.78, 5) is 14.9. The predicted octanol–water partition coefficient (Wildman–Crippen LogP) is 2.96. The van der Waals surface area contributed by atoms with Gasteiger partial charge in [0.1, 0.15) is 17.2 Å². The first-order valence-electron chi connectivity index (χ1n) is 6.25. The van der Waals surface area contributed by atoms with E-state index in [0.29, 0.717) is 0 Å². The maximum Gasteiger partial charge on any atom is 0.339 e. The van der Waals surface area contributed by atoms with E-state index in [0.717, 1.165) is 24.2 Å². The topological polar surface area (TPSA) is 62.2 Å². The SMILES string of the molecule is CC(Cc1ccccc1)Nc1ncc(F)cc1C(=O)O. The summed E-state index contributed by atoms with van der Waals surface area (Å²) in [6.45, 7) is 1.92. The number of aromatic nitrogens is 1. The molecule has 1 aromatic carbocycles. The van der Waals surface area contributed by atoms with Crippen molar-refractivity contribution in [3.8, 4) is 0 Å². The van der Waals surface area contributed by atoms with Gasteiger partial charge in [-0.1, -0.05) is 30.3 Å². The maximum absolute atomic E-state index is 13.0. The van der Waals surface area contributed by atoms with Crippen LogP contribution in [0.4, 0.5) is 10.2 Å². The number of nitrogens with one attached hydrogen (secondary N) is 1. The molecule has 2 N–H and O–H groups in total. The number of halogens is 1. The van der Waals surface area contributed by atoms with E-state index >= 15 is 0 Å². The summed E-state index contributed by atoms with van der Waals surface area (Å²) in [5.74, 6) is -1.68. The lowest BCUT2D eigenvalue weighted by molar-refractivity contribution is 0.0697. The monoisotopic (exact) mass is 274 g/mol. The summed E-state index contributed by atoms with van der Waals surface area (Å²) in [6.07, 6.45) is 1.73. The van der Waals surface area contributed by atoms with Crippen LogP contribution in [0.2, 0.25) is 0 Å². The number of carboxylic acids is 1. The summed E-state index contributed by atoms with van der Waals surface area (Å²) >= 11 is 0. The van der Waals surface area contributed by atoms with E-state index in [-0.39, 0.29) is 17.4 Å². The molecular formula is C15H15FN2O2. The van der Waals surface area contributed by atoms with Gasteiger partial charge in [0.05, 0.1) is 6.20 Å². The number of nitrogens with zero attached hydrogens (tertiary/aromatic N) is 1. The molecule has 2 rings (SSSR count). The minimum absolute atomic E-state index is 0.0199. The highest BCUT2D eigenvalue weighted by Crippen LogP contribution is 2.16. The largest absolute Gasteiger partial charge is 0.478 e. The zero-order valence-electron chi connectivity index (χ0n) is 11.0. The van der Waals surface area contributed by atoms with Crippen LogP contribution in [-0.2, 0) is 6.42 Å². The fourth-order valence-corrected chi connectivity index (χ4v) is 1.97. The van der Waals surface area contributed by atoms with Gasteiger partial charge in [0, 0.05) is 6.04 Å². The number of carbonyl (C=O) groups is 1. The predicted molar refractivity (Wildman–Crippen MR) is 74.4 cm³/mol. The van der Waals surface area contributed by atoms with Crippen molar-refractivity contribution >= 4 is 11.8 Å². The van der Waals surface area contributed by atoms with Gasteiger partial charge in [-0.3, -0.25) is 0 Å². The van der Waals surface area contributed by atoms with Crippen molar-refractivity contribution in [1.29, 1.82) is 0 Å². The molecule has 1 heterocycles. The molecule has 1 aromatic heterocycles. The molecule has 0 aliphatic rings. The van der Waals surface area contributed by atoms with Crippen molar-refractivity contribution in [3.05, 3.63) is 59.5 Å². The van der Waals surface area contributed by atoms with Gasteiger partial charge in [0.25, 0.3) is 0 Å². The van der Waals surface area contributed by atoms with Crippen LogP contribution >= 0.6 is 0 Å². The number of carboxylic acid groups (broad SMARTS) is 1. The third kappa shape index (κ3) is 3.54. The zero-order chi connectivity index (χ0) is 14.5. The molecule has 1 atom stereocenters. The van der Waals surface area contributed by atoms with Crippen LogP contribution in [0.25, 0.3) is 0 Å². The highest BCUT2D eigenvalue weighted by Gasteiger charge is 2.14. The smallest absolute Gasteiger partial charge is 0.339 e. The Hall–Kier alpha value is -2.43. The number of hydrogen-bond donors (Lipinski definition) is 2. The zero-order valence-corrected chi connectivity index (χ0v) is 11.0. The molecule has 2 aromatic rings. The fourth-order valence-electron chi connectivity index (χ4n) is 1.97. The normalized spacial score (nSPS) is 11.9. The number of hydrogen-bond acceptors (Lipinski definition) is 3. The standard InChI is InChI=1S/C15H15FN2O2/c1-10(7-11-5-3-2-4-6-11)18-14-13(15(19)20)8-12(16)9-17-14/h2-6,8-10H,7H2,1H3,(H,17,18)(H,19,20). The molecule has 104 valence electrons. The molecular weight excluding hydrogens is 259 g/mol. The first kappa shape index (κ1) is 14.0. The second-order valence-electron chi connectivity index (χ2n) is 4.59. The van der Waals surface area contributed by atoms with Crippen molar-refractivity contribution in [2.45, 2.75) is 19.4 Å². The molecule has 0 bridgehead atoms. The second kappa shape index (κ2) is 6.14. The van der Waals surface area contributed by atoms with Gasteiger partial charge in [0.15, 0.2) is 0 Å². The Morgan fingerprint density at radius 2 is 2.10 bits per heavy atom. The van der Waals surface area contributed by atoms with Gasteiger partial charge in [-0.2, -0.15) is 0 Å². The van der Waals surface area contributed by atoms with Crippen LogP contribution in [-0.4, -0.2) is 22.1 Å². The number of aromatic carboxylic acids is 1. The Bertz CT molecular complexity index is 602. The number of anilines is 1. The van der Waals surface area contributed by atoms with Gasteiger partial charge in [-0.25, -0.2) is 14.2 Å². The van der Waals surface area contributed by atoms with Crippen molar-refractivity contribution in [1.82, 2.24) is 4.98 Å². The first-order chi connectivity index (χ1) is 9.56. The lowest BCUT2D eigenvalue weighted by Gasteiger charge is -2.16. The van der Waals surface area contributed by atoms with Gasteiger partial charge in [0.2, 0.25) is 0 Å². The molecule has 20 heavy (non-hydrogen) atoms. The highest BCUT2D eigenvalue weighted by atomic mass is 19.1. The summed E-state index contributed by atoms with van der Waals surface area (Å²) in [7, 11) is 0. The molecule has 5 heteroatoms. The Kier molecular flexibility index (Phi) is 4.30. The summed E-state index contributed by atoms with van der Waals surface area (Å²) in [5.41, 5.74) is 0.969. The fraction of sp³-hybridized carbons (Fsp3) is 0.200. The van der Waals surface area contributed by atoms with Crippen molar-refractivity contribution < 1.29 is 14.3 Å². The molecule has 0 spiro atoms. The molecule has 0 aliphatic carbocycles. The van der Waals surface area contributed by atoms with E-state index in [1.165, 1.54) is 0 Å². The van der Waals surface area contributed by atoms with Gasteiger partial charge < -0.3 is 10.4 Å². The molecule has 0 fully saturated rings. The van der Waals surface area contributed by atoms with E-state index in [9.17, 15) is 9.18 Å². The number of pyridine rings is 1. The average Bonchev–Trinajstić information content (AvgIpc) is 2.41. The molecule has 0 saturated carbocycles. The van der Waals surface area contributed by atoms with Crippen LogP contribution in [0.15, 0.2) is 42.6 Å². The maximum atomic E-state index is 13.0. The molecule has 1 unspecified atom stereocenters. The van der Waals surface area contributed by atoms with E-state index in [1.54, 1.807) is 0 Å². The van der Waals surface area contributed by atoms with E-state index < -0.39 is 11.8 Å². The number of rotatable bonds is 5. The molecule has 0 aliphatic heterocycles. The summed E-state index contributed by atoms with van der Waals surface area (Å²) < 4.78 is 13.0. The first-order valence-corrected chi connectivity index (χ1v) is 6.25. The Balaban J connectivity index is 2.11. The minimum atomic E-state index is -1.20. The summed E-state index contributed by atoms with van der Waals surface area (Å²) in [5, 5.41) is 12.1. The molecule has 0 saturated heterocycles. The summed E-state index contributed by atoms with van der Waals surface area (Å²) in [6, 6.07) is 10.8. The van der Waals surface area contributed by atoms with Gasteiger partial charge in [-0.15, -0.1) is 0 Å². The quantitative estimate of drug-likeness (QED) is 0.880. The Labute approximate surface area is 116 Å². The van der Waals surface area contributed by atoms with Crippen molar-refractivity contribution in [2.24, 2.45) is 0 Å². The highest BCUT2D eigenvalue weighted by molar-refractivity contribution is 5.93. The van der Waals surface area contributed by atoms with Crippen LogP contribution < -0.4 is 5.32 Å². The van der Waals surface area contributed by atoms with Crippen molar-refractivity contribution in [2.75, 3.05) is 5.32 Å². The van der Waals surface area contributed by atoms with Crippen molar-refractivity contribution in [3.63, 3.8) is 0 Å². The average molecular weight is 274 g/mol. The molecule has 0 amide bonds. The number of benzene rings is 1. The lowest BCUT2D eigenvalue weighted by atomic mass is 10.1. The Morgan fingerprint density at radius 3 is 2.75 bits per heavy atom. The third-order valence-electron chi connectivity index (χ3n) is 2.85. The Morgan fingerprint density at radius 1 is 1.40 bits per heavy atom. The van der Waals surface area contributed by atoms with Gasteiger partial charge >= 0.3 is 5.97 Å². The van der Waals surface area contributed by atoms with Gasteiger partial charge in [-0.05, 0) is 25.0 Å². The van der Waals surface area contributed by atoms with E-state index in [1.807, 2.05) is 37.3 Å². The van der Waals surface area contributed by atoms with Crippen LogP contribution in [0, 0.1) is 5.82 Å². The van der Waals surface area contributed by atoms with Crippen LogP contribution in [0.3, 0.4) is 0 Å². The minimum Gasteiger partial charge on any atom is -0.478 e. The lowest BCUT2D eigenvalue weighted by Crippen LogP contribution is -2.21. The van der Waals surface area contributed by atoms with E-state index in [4.69, 9.17) is 5.11 Å². The molecule has 0 radical (unpaired) electrons. The third-order valence-corrected chi connectivity index (χ3v) is 2.85. The van der Waals surface area contributed by atoms with Crippen LogP contribution in [0.1, 0.15) is 22.8 Å². The van der Waals surface area contributed by atoms with E-state index in [2.05, 4.69) is 10.3 Å². The molecule has 4 nitrogen and oxygen atoms in total. The van der Waals surface area contributed by atoms with Crippen LogP contribution in [0.5, 0.6) is 0 Å².